The number of ether oxygens (including phenoxy) is 1. The van der Waals surface area contributed by atoms with Crippen LogP contribution in [0.3, 0.4) is 0 Å². The lowest BCUT2D eigenvalue weighted by Gasteiger charge is -2.17. The Morgan fingerprint density at radius 3 is 2.25 bits per heavy atom. The molecule has 0 radical (unpaired) electrons. The maximum Gasteiger partial charge on any atom is 0.540 e. The molecular formula is C17H22N3O5P2S+. The van der Waals surface area contributed by atoms with Gasteiger partial charge in [-0.1, -0.05) is 16.9 Å². The van der Waals surface area contributed by atoms with Crippen LogP contribution in [0.25, 0.3) is 0 Å². The minimum atomic E-state index is -4.30. The standard InChI is InChI=1S/C17H21N3O5P2S/c1-18-17(27(21,22)23)14-6-10-16(11-7-14)25-26(28)20(2)19-12-13-4-8-15(24-3)9-5-13/h4-12,17-18H,1-3H3,(H-,21,22,23)/p+1/b19-12+. The Hall–Kier alpha value is -1.86. The van der Waals surface area contributed by atoms with E-state index < -0.39 is 20.5 Å². The molecule has 150 valence electrons. The number of hydrazone groups is 1. The van der Waals surface area contributed by atoms with Crippen LogP contribution >= 0.6 is 14.7 Å². The first kappa shape index (κ1) is 22.4. The van der Waals surface area contributed by atoms with E-state index in [1.54, 1.807) is 49.4 Å². The molecule has 0 amide bonds. The molecule has 2 rings (SSSR count). The number of nitrogens with one attached hydrogen (secondary N) is 1. The molecule has 2 atom stereocenters. The average Bonchev–Trinajstić information content (AvgIpc) is 2.67. The van der Waals surface area contributed by atoms with Gasteiger partial charge in [0.2, 0.25) is 11.8 Å². The molecule has 2 aromatic rings. The summed E-state index contributed by atoms with van der Waals surface area (Å²) < 4.78 is 23.9. The van der Waals surface area contributed by atoms with Crippen molar-refractivity contribution < 1.29 is 23.6 Å². The van der Waals surface area contributed by atoms with Gasteiger partial charge in [-0.25, -0.2) is 0 Å². The zero-order chi connectivity index (χ0) is 20.7. The van der Waals surface area contributed by atoms with E-state index in [1.165, 1.54) is 7.05 Å². The van der Waals surface area contributed by atoms with Crippen LogP contribution in [0.2, 0.25) is 0 Å². The van der Waals surface area contributed by atoms with E-state index in [-0.39, 0.29) is 0 Å². The molecule has 0 aliphatic carbocycles. The fourth-order valence-electron chi connectivity index (χ4n) is 2.27. The van der Waals surface area contributed by atoms with E-state index in [2.05, 4.69) is 10.4 Å². The largest absolute Gasteiger partial charge is 0.540 e. The molecule has 0 fully saturated rings. The molecule has 2 unspecified atom stereocenters. The molecule has 2 aromatic carbocycles. The molecule has 0 bridgehead atoms. The summed E-state index contributed by atoms with van der Waals surface area (Å²) in [5.74, 6) is 0.197. The SMILES string of the molecule is CNC(c1ccc(O[P+](=S)N(C)/N=C/c2ccc(OC)cc2)cc1)P(=O)(O)O. The molecule has 0 aliphatic heterocycles. The van der Waals surface area contributed by atoms with Gasteiger partial charge in [0.1, 0.15) is 11.5 Å². The molecule has 0 aliphatic rings. The predicted molar refractivity (Wildman–Crippen MR) is 114 cm³/mol. The van der Waals surface area contributed by atoms with E-state index >= 15 is 0 Å². The number of nitrogens with zero attached hydrogens (tertiary/aromatic N) is 2. The number of rotatable bonds is 9. The summed E-state index contributed by atoms with van der Waals surface area (Å²) >= 11 is 5.36. The van der Waals surface area contributed by atoms with Crippen molar-refractivity contribution in [3.8, 4) is 11.5 Å². The van der Waals surface area contributed by atoms with Crippen LogP contribution in [0.1, 0.15) is 16.9 Å². The van der Waals surface area contributed by atoms with Crippen molar-refractivity contribution in [1.29, 1.82) is 0 Å². The third-order valence-corrected chi connectivity index (χ3v) is 6.82. The monoisotopic (exact) mass is 442 g/mol. The fourth-order valence-corrected chi connectivity index (χ4v) is 4.11. The molecule has 0 heterocycles. The van der Waals surface area contributed by atoms with Crippen LogP contribution in [0.5, 0.6) is 11.5 Å². The van der Waals surface area contributed by atoms with Gasteiger partial charge in [-0.3, -0.25) is 9.09 Å². The van der Waals surface area contributed by atoms with Crippen LogP contribution in [0.15, 0.2) is 53.6 Å². The topological polar surface area (TPSA) is 104 Å². The van der Waals surface area contributed by atoms with Crippen LogP contribution in [-0.2, 0) is 16.4 Å². The molecule has 0 saturated carbocycles. The Bertz CT molecular complexity index is 871. The Labute approximate surface area is 169 Å². The summed E-state index contributed by atoms with van der Waals surface area (Å²) in [5.41, 5.74) is 1.36. The summed E-state index contributed by atoms with van der Waals surface area (Å²) in [5, 5.41) is 6.91. The zero-order valence-corrected chi connectivity index (χ0v) is 18.2. The molecular weight excluding hydrogens is 420 g/mol. The third kappa shape index (κ3) is 6.34. The first-order valence-electron chi connectivity index (χ1n) is 8.14. The van der Waals surface area contributed by atoms with Crippen LogP contribution < -0.4 is 14.6 Å². The molecule has 11 heteroatoms. The number of hydrogen-bond acceptors (Lipinski definition) is 6. The van der Waals surface area contributed by atoms with Crippen LogP contribution in [-0.4, -0.2) is 42.0 Å². The van der Waals surface area contributed by atoms with Gasteiger partial charge in [-0.15, -0.1) is 5.10 Å². The lowest BCUT2D eigenvalue weighted by Crippen LogP contribution is -2.16. The second kappa shape index (κ2) is 10.1. The van der Waals surface area contributed by atoms with E-state index in [1.807, 2.05) is 24.3 Å². The zero-order valence-electron chi connectivity index (χ0n) is 15.6. The molecule has 0 saturated heterocycles. The molecule has 0 spiro atoms. The normalized spacial score (nSPS) is 13.2. The molecule has 3 N–H and O–H groups in total. The van der Waals surface area contributed by atoms with Crippen LogP contribution in [0.4, 0.5) is 0 Å². The van der Waals surface area contributed by atoms with Crippen molar-refractivity contribution in [3.63, 3.8) is 0 Å². The maximum absolute atomic E-state index is 11.5. The van der Waals surface area contributed by atoms with Gasteiger partial charge in [0.05, 0.1) is 20.4 Å². The lowest BCUT2D eigenvalue weighted by molar-refractivity contribution is 0.351. The number of hydrogen-bond donors (Lipinski definition) is 3. The van der Waals surface area contributed by atoms with Gasteiger partial charge >= 0.3 is 14.7 Å². The van der Waals surface area contributed by atoms with Crippen molar-refractivity contribution in [2.45, 2.75) is 5.78 Å². The van der Waals surface area contributed by atoms with Crippen molar-refractivity contribution in [2.75, 3.05) is 21.2 Å². The third-order valence-electron chi connectivity index (χ3n) is 3.72. The second-order valence-electron chi connectivity index (χ2n) is 5.69. The number of benzene rings is 2. The lowest BCUT2D eigenvalue weighted by atomic mass is 10.2. The maximum atomic E-state index is 11.5. The quantitative estimate of drug-likeness (QED) is 0.309. The van der Waals surface area contributed by atoms with Crippen molar-refractivity contribution in [3.05, 3.63) is 59.7 Å². The van der Waals surface area contributed by atoms with Gasteiger partial charge in [0.25, 0.3) is 0 Å². The first-order valence-corrected chi connectivity index (χ1v) is 12.0. The Kier molecular flexibility index (Phi) is 8.07. The minimum absolute atomic E-state index is 0.461. The smallest absolute Gasteiger partial charge is 0.497 e. The molecule has 28 heavy (non-hydrogen) atoms. The average molecular weight is 442 g/mol. The van der Waals surface area contributed by atoms with Crippen molar-refractivity contribution in [1.82, 2.24) is 10.1 Å². The summed E-state index contributed by atoms with van der Waals surface area (Å²) in [4.78, 5) is 18.8. The Morgan fingerprint density at radius 2 is 1.75 bits per heavy atom. The van der Waals surface area contributed by atoms with E-state index in [9.17, 15) is 14.4 Å². The van der Waals surface area contributed by atoms with Crippen molar-refractivity contribution in [2.24, 2.45) is 5.10 Å². The minimum Gasteiger partial charge on any atom is -0.497 e. The van der Waals surface area contributed by atoms with Crippen molar-refractivity contribution >= 4 is 32.7 Å². The second-order valence-corrected chi connectivity index (χ2v) is 9.55. The van der Waals surface area contributed by atoms with Gasteiger partial charge in [0.15, 0.2) is 5.75 Å². The highest BCUT2D eigenvalue weighted by atomic mass is 32.4. The molecule has 0 aromatic heterocycles. The summed E-state index contributed by atoms with van der Waals surface area (Å²) in [7, 11) is -0.933. The van der Waals surface area contributed by atoms with Gasteiger partial charge in [-0.05, 0) is 54.6 Å². The fraction of sp³-hybridized carbons (Fsp3) is 0.235. The highest BCUT2D eigenvalue weighted by molar-refractivity contribution is 8.02. The van der Waals surface area contributed by atoms with E-state index in [0.29, 0.717) is 11.3 Å². The predicted octanol–water partition coefficient (Wildman–Crippen LogP) is 3.21. The Balaban J connectivity index is 1.99. The number of methoxy groups -OCH3 is 1. The summed E-state index contributed by atoms with van der Waals surface area (Å²) in [6.45, 7) is 0. The van der Waals surface area contributed by atoms with E-state index in [4.69, 9.17) is 21.1 Å². The summed E-state index contributed by atoms with van der Waals surface area (Å²) in [6.07, 6.45) is 1.67. The van der Waals surface area contributed by atoms with Crippen LogP contribution in [0, 0.1) is 0 Å². The Morgan fingerprint density at radius 1 is 1.18 bits per heavy atom. The summed E-state index contributed by atoms with van der Waals surface area (Å²) in [6, 6.07) is 13.9. The first-order chi connectivity index (χ1) is 13.2. The van der Waals surface area contributed by atoms with E-state index in [0.717, 1.165) is 11.3 Å². The van der Waals surface area contributed by atoms with Gasteiger partial charge in [-0.2, -0.15) is 0 Å². The molecule has 8 nitrogen and oxygen atoms in total. The highest BCUT2D eigenvalue weighted by Crippen LogP contribution is 2.49. The van der Waals surface area contributed by atoms with Gasteiger partial charge in [0, 0.05) is 0 Å². The highest BCUT2D eigenvalue weighted by Gasteiger charge is 2.29. The van der Waals surface area contributed by atoms with Gasteiger partial charge < -0.3 is 19.8 Å².